The van der Waals surface area contributed by atoms with E-state index in [1.54, 1.807) is 24.3 Å². The highest BCUT2D eigenvalue weighted by Gasteiger charge is 2.33. The van der Waals surface area contributed by atoms with Crippen LogP contribution in [0.25, 0.3) is 0 Å². The van der Waals surface area contributed by atoms with Gasteiger partial charge in [0.1, 0.15) is 18.2 Å². The van der Waals surface area contributed by atoms with Crippen LogP contribution in [0.4, 0.5) is 0 Å². The smallest absolute Gasteiger partial charge is 0.397 e. The Hall–Kier alpha value is -2.39. The minimum absolute atomic E-state index is 0.0266. The van der Waals surface area contributed by atoms with Crippen LogP contribution in [0.5, 0.6) is 0 Å². The zero-order chi connectivity index (χ0) is 25.5. The quantitative estimate of drug-likeness (QED) is 0.127. The van der Waals surface area contributed by atoms with Crippen LogP contribution in [0.3, 0.4) is 0 Å². The van der Waals surface area contributed by atoms with Crippen molar-refractivity contribution in [2.75, 3.05) is 12.3 Å². The SMILES string of the molecule is CC(=O)NCCSc1cc([C@@H](C(=O)O)[C@H](C)OS(=O)(=O)O)[nH]c1C(=O)OCc1ccc(Br)cc1. The van der Waals surface area contributed by atoms with Gasteiger partial charge in [-0.15, -0.1) is 11.8 Å². The van der Waals surface area contributed by atoms with E-state index in [0.717, 1.165) is 28.7 Å². The number of nitrogens with one attached hydrogen (secondary N) is 2. The van der Waals surface area contributed by atoms with Gasteiger partial charge in [0.15, 0.2) is 0 Å². The average Bonchev–Trinajstić information content (AvgIpc) is 3.12. The van der Waals surface area contributed by atoms with Crippen molar-refractivity contribution in [2.24, 2.45) is 0 Å². The van der Waals surface area contributed by atoms with Gasteiger partial charge in [-0.2, -0.15) is 8.42 Å². The van der Waals surface area contributed by atoms with E-state index in [1.165, 1.54) is 13.0 Å². The van der Waals surface area contributed by atoms with Crippen LogP contribution in [0.15, 0.2) is 39.7 Å². The van der Waals surface area contributed by atoms with Crippen LogP contribution in [0.2, 0.25) is 0 Å². The maximum atomic E-state index is 12.8. The summed E-state index contributed by atoms with van der Waals surface area (Å²) in [6, 6.07) is 8.46. The van der Waals surface area contributed by atoms with Crippen molar-refractivity contribution < 1.29 is 41.4 Å². The molecule has 14 heteroatoms. The number of amides is 1. The van der Waals surface area contributed by atoms with Crippen LogP contribution in [-0.2, 0) is 35.5 Å². The van der Waals surface area contributed by atoms with Gasteiger partial charge in [0, 0.05) is 34.3 Å². The molecule has 0 aliphatic heterocycles. The Morgan fingerprint density at radius 3 is 2.44 bits per heavy atom. The fraction of sp³-hybridized carbons (Fsp3) is 0.350. The number of thioether (sulfide) groups is 1. The van der Waals surface area contributed by atoms with Crippen molar-refractivity contribution in [2.45, 2.75) is 37.4 Å². The maximum absolute atomic E-state index is 12.8. The molecule has 0 aliphatic rings. The van der Waals surface area contributed by atoms with E-state index in [2.05, 4.69) is 30.4 Å². The second-order valence-electron chi connectivity index (χ2n) is 7.04. The van der Waals surface area contributed by atoms with Crippen LogP contribution in [0, 0.1) is 0 Å². The number of hydrogen-bond donors (Lipinski definition) is 4. The van der Waals surface area contributed by atoms with Crippen molar-refractivity contribution in [1.29, 1.82) is 0 Å². The second-order valence-corrected chi connectivity index (χ2v) is 10.1. The largest absolute Gasteiger partial charge is 0.481 e. The minimum Gasteiger partial charge on any atom is -0.481 e. The highest BCUT2D eigenvalue weighted by atomic mass is 79.9. The molecular weight excluding hydrogens is 556 g/mol. The first kappa shape index (κ1) is 27.9. The van der Waals surface area contributed by atoms with E-state index in [1.807, 2.05) is 0 Å². The van der Waals surface area contributed by atoms with Crippen LogP contribution in [0.1, 0.15) is 41.5 Å². The number of carboxylic acids is 1. The summed E-state index contributed by atoms with van der Waals surface area (Å²) in [4.78, 5) is 38.7. The molecule has 1 aromatic heterocycles. The van der Waals surface area contributed by atoms with E-state index < -0.39 is 34.4 Å². The topological polar surface area (TPSA) is 172 Å². The Bertz CT molecular complexity index is 1130. The number of H-pyrrole nitrogens is 1. The number of carboxylic acid groups (broad SMARTS) is 1. The second kappa shape index (κ2) is 12.4. The van der Waals surface area contributed by atoms with Gasteiger partial charge in [-0.1, -0.05) is 28.1 Å². The van der Waals surface area contributed by atoms with Crippen LogP contribution >= 0.6 is 27.7 Å². The molecule has 4 N–H and O–H groups in total. The number of carbonyl (C=O) groups is 3. The Morgan fingerprint density at radius 2 is 1.88 bits per heavy atom. The lowest BCUT2D eigenvalue weighted by Crippen LogP contribution is -2.28. The van der Waals surface area contributed by atoms with Crippen LogP contribution in [-0.4, -0.2) is 59.3 Å². The number of halogens is 1. The lowest BCUT2D eigenvalue weighted by Gasteiger charge is -2.17. The molecule has 2 rings (SSSR count). The van der Waals surface area contributed by atoms with E-state index in [0.29, 0.717) is 17.2 Å². The summed E-state index contributed by atoms with van der Waals surface area (Å²) in [6.45, 7) is 2.76. The molecular formula is C20H23BrN2O9S2. The Kier molecular flexibility index (Phi) is 10.1. The third-order valence-corrected chi connectivity index (χ3v) is 6.48. The molecule has 2 aromatic rings. The zero-order valence-electron chi connectivity index (χ0n) is 18.1. The van der Waals surface area contributed by atoms with E-state index in [4.69, 9.17) is 9.29 Å². The first-order chi connectivity index (χ1) is 15.9. The molecule has 0 saturated carbocycles. The molecule has 186 valence electrons. The highest BCUT2D eigenvalue weighted by molar-refractivity contribution is 9.10. The zero-order valence-corrected chi connectivity index (χ0v) is 21.3. The first-order valence-electron chi connectivity index (χ1n) is 9.77. The van der Waals surface area contributed by atoms with Gasteiger partial charge in [-0.25, -0.2) is 8.98 Å². The lowest BCUT2D eigenvalue weighted by molar-refractivity contribution is -0.141. The van der Waals surface area contributed by atoms with E-state index in [-0.39, 0.29) is 23.9 Å². The van der Waals surface area contributed by atoms with Crippen molar-refractivity contribution in [3.8, 4) is 0 Å². The molecule has 11 nitrogen and oxygen atoms in total. The van der Waals surface area contributed by atoms with Crippen molar-refractivity contribution >= 4 is 55.9 Å². The van der Waals surface area contributed by atoms with Crippen molar-refractivity contribution in [3.63, 3.8) is 0 Å². The molecule has 1 aromatic carbocycles. The fourth-order valence-corrected chi connectivity index (χ4v) is 4.58. The van der Waals surface area contributed by atoms with Gasteiger partial charge in [0.25, 0.3) is 0 Å². The monoisotopic (exact) mass is 578 g/mol. The normalized spacial score (nSPS) is 13.2. The number of esters is 1. The third-order valence-electron chi connectivity index (χ3n) is 4.37. The number of aromatic amines is 1. The van der Waals surface area contributed by atoms with Crippen molar-refractivity contribution in [1.82, 2.24) is 10.3 Å². The van der Waals surface area contributed by atoms with Gasteiger partial charge < -0.3 is 20.1 Å². The number of hydrogen-bond acceptors (Lipinski definition) is 8. The summed E-state index contributed by atoms with van der Waals surface area (Å²) >= 11 is 4.48. The van der Waals surface area contributed by atoms with E-state index in [9.17, 15) is 27.9 Å². The number of rotatable bonds is 12. The van der Waals surface area contributed by atoms with Gasteiger partial charge in [0.2, 0.25) is 5.91 Å². The summed E-state index contributed by atoms with van der Waals surface area (Å²) in [5, 5.41) is 12.2. The summed E-state index contributed by atoms with van der Waals surface area (Å²) in [5.41, 5.74) is 0.660. The molecule has 2 atom stereocenters. The van der Waals surface area contributed by atoms with E-state index >= 15 is 0 Å². The predicted octanol–water partition coefficient (Wildman–Crippen LogP) is 2.74. The Morgan fingerprint density at radius 1 is 1.24 bits per heavy atom. The first-order valence-corrected chi connectivity index (χ1v) is 12.9. The summed E-state index contributed by atoms with van der Waals surface area (Å²) in [6.07, 6.45) is -1.49. The predicted molar refractivity (Wildman–Crippen MR) is 126 cm³/mol. The maximum Gasteiger partial charge on any atom is 0.397 e. The van der Waals surface area contributed by atoms with Crippen molar-refractivity contribution in [3.05, 3.63) is 51.8 Å². The van der Waals surface area contributed by atoms with Gasteiger partial charge in [-0.05, 0) is 30.7 Å². The molecule has 0 saturated heterocycles. The Balaban J connectivity index is 2.29. The lowest BCUT2D eigenvalue weighted by atomic mass is 10.0. The number of aromatic nitrogens is 1. The summed E-state index contributed by atoms with van der Waals surface area (Å²) < 4.78 is 41.7. The molecule has 0 radical (unpaired) electrons. The number of aliphatic carboxylic acids is 1. The number of ether oxygens (including phenoxy) is 1. The van der Waals surface area contributed by atoms with Gasteiger partial charge in [-0.3, -0.25) is 14.1 Å². The third kappa shape index (κ3) is 8.76. The fourth-order valence-electron chi connectivity index (χ4n) is 2.91. The molecule has 1 amide bonds. The molecule has 0 aliphatic carbocycles. The highest BCUT2D eigenvalue weighted by Crippen LogP contribution is 2.31. The minimum atomic E-state index is -4.92. The number of carbonyl (C=O) groups excluding carboxylic acids is 2. The molecule has 34 heavy (non-hydrogen) atoms. The van der Waals surface area contributed by atoms with Gasteiger partial charge >= 0.3 is 22.3 Å². The molecule has 0 unspecified atom stereocenters. The average molecular weight is 579 g/mol. The molecule has 0 spiro atoms. The summed E-state index contributed by atoms with van der Waals surface area (Å²) in [5.74, 6) is -3.62. The summed E-state index contributed by atoms with van der Waals surface area (Å²) in [7, 11) is -4.92. The number of benzene rings is 1. The molecule has 1 heterocycles. The molecule has 0 fully saturated rings. The Labute approximate surface area is 208 Å². The molecule has 0 bridgehead atoms. The van der Waals surface area contributed by atoms with Crippen LogP contribution < -0.4 is 5.32 Å². The van der Waals surface area contributed by atoms with Gasteiger partial charge in [0.05, 0.1) is 6.10 Å². The standard InChI is InChI=1S/C20H23BrN2O9S2/c1-11(32-34(28,29)30)17(19(25)26)15-9-16(33-8-7-22-12(2)24)18(23-15)20(27)31-10-13-3-5-14(21)6-4-13/h3-6,9,11,17,23H,7-8,10H2,1-2H3,(H,22,24)(H,25,26)(H,28,29,30)/t11-,17-/m0/s1.